The van der Waals surface area contributed by atoms with Crippen LogP contribution in [0.1, 0.15) is 34.7 Å². The lowest BCUT2D eigenvalue weighted by molar-refractivity contribution is -0.140. The summed E-state index contributed by atoms with van der Waals surface area (Å²) in [6.07, 6.45) is 0.713. The maximum atomic E-state index is 13.7. The molecule has 0 aliphatic carbocycles. The molecule has 3 rings (SSSR count). The average molecular weight is 507 g/mol. The number of carbonyl (C=O) groups is 2. The van der Waals surface area contributed by atoms with Crippen LogP contribution in [-0.2, 0) is 29.0 Å². The summed E-state index contributed by atoms with van der Waals surface area (Å²) in [6.45, 7) is 6.89. The Morgan fingerprint density at radius 1 is 0.879 bits per heavy atom. The first-order chi connectivity index (χ1) is 15.9. The highest BCUT2D eigenvalue weighted by molar-refractivity contribution is 9.10. The van der Waals surface area contributed by atoms with Gasteiger partial charge in [-0.1, -0.05) is 76.6 Å². The number of nitrogens with zero attached hydrogens (tertiary/aromatic N) is 1. The molecule has 0 heterocycles. The molecule has 0 radical (unpaired) electrons. The number of likely N-dealkylation sites (N-methyl/N-ethyl adjacent to an activating group) is 1. The van der Waals surface area contributed by atoms with Crippen LogP contribution in [0.15, 0.2) is 77.3 Å². The predicted octanol–water partition coefficient (Wildman–Crippen LogP) is 5.38. The second kappa shape index (κ2) is 11.8. The Labute approximate surface area is 205 Å². The Bertz CT molecular complexity index is 1080. The third kappa shape index (κ3) is 7.03. The SMILES string of the molecule is CCNC(=O)[C@H](Cc1ccccc1)N(Cc1ccc(Br)cc1)C(=O)Cc1ccc(C)c(C)c1. The minimum absolute atomic E-state index is 0.0617. The molecule has 0 spiro atoms. The number of aryl methyl sites for hydroxylation is 2. The van der Waals surface area contributed by atoms with Crippen LogP contribution in [0.5, 0.6) is 0 Å². The summed E-state index contributed by atoms with van der Waals surface area (Å²) in [5, 5.41) is 2.94. The third-order valence-corrected chi connectivity index (χ3v) is 6.34. The van der Waals surface area contributed by atoms with E-state index in [0.717, 1.165) is 26.7 Å². The van der Waals surface area contributed by atoms with Crippen molar-refractivity contribution >= 4 is 27.7 Å². The van der Waals surface area contributed by atoms with Crippen molar-refractivity contribution in [3.8, 4) is 0 Å². The first-order valence-electron chi connectivity index (χ1n) is 11.3. The number of amides is 2. The van der Waals surface area contributed by atoms with Gasteiger partial charge in [-0.3, -0.25) is 9.59 Å². The summed E-state index contributed by atoms with van der Waals surface area (Å²) in [5.41, 5.74) is 5.31. The monoisotopic (exact) mass is 506 g/mol. The molecule has 0 saturated heterocycles. The molecule has 0 aliphatic rings. The van der Waals surface area contributed by atoms with E-state index in [2.05, 4.69) is 41.2 Å². The van der Waals surface area contributed by atoms with E-state index in [1.807, 2.05) is 73.7 Å². The lowest BCUT2D eigenvalue weighted by Crippen LogP contribution is -2.50. The molecule has 3 aromatic rings. The van der Waals surface area contributed by atoms with Crippen LogP contribution in [0.25, 0.3) is 0 Å². The molecule has 0 bridgehead atoms. The van der Waals surface area contributed by atoms with Gasteiger partial charge in [0, 0.05) is 24.0 Å². The fourth-order valence-corrected chi connectivity index (χ4v) is 4.09. The molecule has 172 valence electrons. The molecular formula is C28H31BrN2O2. The normalized spacial score (nSPS) is 11.6. The maximum Gasteiger partial charge on any atom is 0.243 e. The second-order valence-corrected chi connectivity index (χ2v) is 9.26. The number of halogens is 1. The van der Waals surface area contributed by atoms with Gasteiger partial charge in [0.15, 0.2) is 0 Å². The summed E-state index contributed by atoms with van der Waals surface area (Å²) in [6, 6.07) is 23.2. The van der Waals surface area contributed by atoms with Gasteiger partial charge in [-0.05, 0) is 60.7 Å². The number of nitrogens with one attached hydrogen (secondary N) is 1. The van der Waals surface area contributed by atoms with Crippen molar-refractivity contribution in [1.29, 1.82) is 0 Å². The van der Waals surface area contributed by atoms with E-state index in [1.54, 1.807) is 4.90 Å². The molecular weight excluding hydrogens is 476 g/mol. The smallest absolute Gasteiger partial charge is 0.243 e. The molecule has 1 N–H and O–H groups in total. The molecule has 2 amide bonds. The highest BCUT2D eigenvalue weighted by Gasteiger charge is 2.30. The molecule has 0 fully saturated rings. The van der Waals surface area contributed by atoms with Crippen molar-refractivity contribution in [2.45, 2.75) is 46.2 Å². The summed E-state index contributed by atoms with van der Waals surface area (Å²) in [4.78, 5) is 28.6. The fourth-order valence-electron chi connectivity index (χ4n) is 3.82. The summed E-state index contributed by atoms with van der Waals surface area (Å²) < 4.78 is 0.976. The maximum absolute atomic E-state index is 13.7. The van der Waals surface area contributed by atoms with Gasteiger partial charge >= 0.3 is 0 Å². The highest BCUT2D eigenvalue weighted by Crippen LogP contribution is 2.19. The van der Waals surface area contributed by atoms with E-state index < -0.39 is 6.04 Å². The van der Waals surface area contributed by atoms with Gasteiger partial charge in [-0.15, -0.1) is 0 Å². The molecule has 33 heavy (non-hydrogen) atoms. The summed E-state index contributed by atoms with van der Waals surface area (Å²) in [5.74, 6) is -0.194. The molecule has 0 saturated carbocycles. The van der Waals surface area contributed by atoms with Crippen molar-refractivity contribution in [1.82, 2.24) is 10.2 Å². The van der Waals surface area contributed by atoms with Gasteiger partial charge in [-0.2, -0.15) is 0 Å². The quantitative estimate of drug-likeness (QED) is 0.423. The number of hydrogen-bond donors (Lipinski definition) is 1. The van der Waals surface area contributed by atoms with E-state index in [9.17, 15) is 9.59 Å². The van der Waals surface area contributed by atoms with Crippen molar-refractivity contribution in [3.63, 3.8) is 0 Å². The van der Waals surface area contributed by atoms with Crippen LogP contribution >= 0.6 is 15.9 Å². The minimum Gasteiger partial charge on any atom is -0.355 e. The Morgan fingerprint density at radius 3 is 2.18 bits per heavy atom. The van der Waals surface area contributed by atoms with Gasteiger partial charge in [-0.25, -0.2) is 0 Å². The second-order valence-electron chi connectivity index (χ2n) is 8.34. The highest BCUT2D eigenvalue weighted by atomic mass is 79.9. The molecule has 5 heteroatoms. The van der Waals surface area contributed by atoms with Crippen LogP contribution < -0.4 is 5.32 Å². The number of benzene rings is 3. The van der Waals surface area contributed by atoms with Crippen LogP contribution in [0.3, 0.4) is 0 Å². The number of carbonyl (C=O) groups excluding carboxylic acids is 2. The minimum atomic E-state index is -0.602. The zero-order valence-electron chi connectivity index (χ0n) is 19.5. The topological polar surface area (TPSA) is 49.4 Å². The van der Waals surface area contributed by atoms with Crippen molar-refractivity contribution in [2.24, 2.45) is 0 Å². The van der Waals surface area contributed by atoms with Crippen LogP contribution in [0.2, 0.25) is 0 Å². The lowest BCUT2D eigenvalue weighted by atomic mass is 10.00. The van der Waals surface area contributed by atoms with Gasteiger partial charge in [0.05, 0.1) is 6.42 Å². The predicted molar refractivity (Wildman–Crippen MR) is 137 cm³/mol. The van der Waals surface area contributed by atoms with E-state index in [0.29, 0.717) is 19.5 Å². The lowest BCUT2D eigenvalue weighted by Gasteiger charge is -2.31. The Kier molecular flexibility index (Phi) is 8.84. The van der Waals surface area contributed by atoms with Crippen LogP contribution in [0, 0.1) is 13.8 Å². The molecule has 4 nitrogen and oxygen atoms in total. The van der Waals surface area contributed by atoms with E-state index in [-0.39, 0.29) is 18.2 Å². The molecule has 0 unspecified atom stereocenters. The summed E-state index contributed by atoms with van der Waals surface area (Å²) >= 11 is 3.47. The zero-order valence-corrected chi connectivity index (χ0v) is 21.1. The largest absolute Gasteiger partial charge is 0.355 e. The first kappa shape index (κ1) is 24.7. The van der Waals surface area contributed by atoms with Gasteiger partial charge < -0.3 is 10.2 Å². The van der Waals surface area contributed by atoms with Crippen molar-refractivity contribution in [3.05, 3.63) is 105 Å². The Balaban J connectivity index is 1.95. The van der Waals surface area contributed by atoms with Crippen LogP contribution in [0.4, 0.5) is 0 Å². The number of hydrogen-bond acceptors (Lipinski definition) is 2. The summed E-state index contributed by atoms with van der Waals surface area (Å²) in [7, 11) is 0. The first-order valence-corrected chi connectivity index (χ1v) is 12.1. The van der Waals surface area contributed by atoms with Gasteiger partial charge in [0.1, 0.15) is 6.04 Å². The van der Waals surface area contributed by atoms with Crippen LogP contribution in [-0.4, -0.2) is 29.3 Å². The van der Waals surface area contributed by atoms with Gasteiger partial charge in [0.2, 0.25) is 11.8 Å². The van der Waals surface area contributed by atoms with Crippen molar-refractivity contribution < 1.29 is 9.59 Å². The third-order valence-electron chi connectivity index (χ3n) is 5.81. The molecule has 1 atom stereocenters. The Hall–Kier alpha value is -2.92. The van der Waals surface area contributed by atoms with Crippen molar-refractivity contribution in [2.75, 3.05) is 6.54 Å². The molecule has 3 aromatic carbocycles. The number of rotatable bonds is 9. The Morgan fingerprint density at radius 2 is 1.55 bits per heavy atom. The average Bonchev–Trinajstić information content (AvgIpc) is 2.80. The fraction of sp³-hybridized carbons (Fsp3) is 0.286. The van der Waals surface area contributed by atoms with E-state index >= 15 is 0 Å². The zero-order chi connectivity index (χ0) is 23.8. The standard InChI is InChI=1S/C28H31BrN2O2/c1-4-30-28(33)26(17-22-8-6-5-7-9-22)31(19-23-12-14-25(29)15-13-23)27(32)18-24-11-10-20(2)21(3)16-24/h5-16,26H,4,17-19H2,1-3H3,(H,30,33)/t26-/m0/s1. The molecule has 0 aliphatic heterocycles. The van der Waals surface area contributed by atoms with E-state index in [1.165, 1.54) is 5.56 Å². The van der Waals surface area contributed by atoms with Gasteiger partial charge in [0.25, 0.3) is 0 Å². The molecule has 0 aromatic heterocycles. The van der Waals surface area contributed by atoms with E-state index in [4.69, 9.17) is 0 Å².